The highest BCUT2D eigenvalue weighted by molar-refractivity contribution is 7.99. The third-order valence-electron chi connectivity index (χ3n) is 1.73. The van der Waals surface area contributed by atoms with Crippen LogP contribution in [0.15, 0.2) is 29.2 Å². The van der Waals surface area contributed by atoms with Crippen molar-refractivity contribution in [2.75, 3.05) is 12.4 Å². The third-order valence-corrected chi connectivity index (χ3v) is 3.39. The molecule has 0 aliphatic rings. The Kier molecular flexibility index (Phi) is 5.33. The maximum Gasteiger partial charge on any atom is 0.0655 e. The summed E-state index contributed by atoms with van der Waals surface area (Å²) in [5.74, 6) is 0.560. The van der Waals surface area contributed by atoms with E-state index in [4.69, 9.17) is 16.7 Å². The number of thioether (sulfide) groups is 1. The zero-order chi connectivity index (χ0) is 10.4. The summed E-state index contributed by atoms with van der Waals surface area (Å²) in [6.45, 7) is 0.0181. The van der Waals surface area contributed by atoms with Crippen LogP contribution in [0.3, 0.4) is 0 Å². The molecule has 0 aromatic heterocycles. The van der Waals surface area contributed by atoms with Crippen molar-refractivity contribution < 1.29 is 10.2 Å². The van der Waals surface area contributed by atoms with Crippen molar-refractivity contribution in [2.24, 2.45) is 0 Å². The summed E-state index contributed by atoms with van der Waals surface area (Å²) in [6.07, 6.45) is -0.0569. The Bertz CT molecular complexity index is 281. The summed E-state index contributed by atoms with van der Waals surface area (Å²) in [6, 6.07) is 7.52. The molecule has 0 fully saturated rings. The summed E-state index contributed by atoms with van der Waals surface area (Å²) < 4.78 is 0. The van der Waals surface area contributed by atoms with Crippen LogP contribution in [0, 0.1) is 0 Å². The number of aliphatic hydroxyl groups is 2. The summed E-state index contributed by atoms with van der Waals surface area (Å²) in [5.41, 5.74) is 0. The summed E-state index contributed by atoms with van der Waals surface area (Å²) >= 11 is 7.43. The highest BCUT2D eigenvalue weighted by Gasteiger charge is 2.05. The van der Waals surface area contributed by atoms with Gasteiger partial charge in [-0.2, -0.15) is 0 Å². The van der Waals surface area contributed by atoms with Crippen LogP contribution in [-0.2, 0) is 0 Å². The predicted octanol–water partition coefficient (Wildman–Crippen LogP) is 2.18. The maximum atomic E-state index is 9.38. The van der Waals surface area contributed by atoms with Gasteiger partial charge >= 0.3 is 0 Å². The van der Waals surface area contributed by atoms with E-state index in [1.165, 1.54) is 11.8 Å². The highest BCUT2D eigenvalue weighted by atomic mass is 35.5. The standard InChI is InChI=1S/C10H13ClO2S/c11-9-3-1-2-4-10(9)14-7-8(13)5-6-12/h1-4,8,12-13H,5-7H2. The Balaban J connectivity index is 2.41. The molecule has 0 saturated carbocycles. The van der Waals surface area contributed by atoms with E-state index in [-0.39, 0.29) is 6.61 Å². The molecule has 1 atom stereocenters. The number of hydrogen-bond donors (Lipinski definition) is 2. The van der Waals surface area contributed by atoms with Crippen molar-refractivity contribution in [2.45, 2.75) is 17.4 Å². The smallest absolute Gasteiger partial charge is 0.0655 e. The fourth-order valence-electron chi connectivity index (χ4n) is 0.980. The van der Waals surface area contributed by atoms with Gasteiger partial charge in [-0.05, 0) is 18.6 Å². The van der Waals surface area contributed by atoms with Crippen molar-refractivity contribution >= 4 is 23.4 Å². The van der Waals surface area contributed by atoms with Crippen molar-refractivity contribution in [1.29, 1.82) is 0 Å². The minimum absolute atomic E-state index is 0.0181. The van der Waals surface area contributed by atoms with Crippen LogP contribution in [0.4, 0.5) is 0 Å². The van der Waals surface area contributed by atoms with E-state index >= 15 is 0 Å². The summed E-state index contributed by atoms with van der Waals surface area (Å²) in [5, 5.41) is 18.7. The van der Waals surface area contributed by atoms with Gasteiger partial charge in [-0.3, -0.25) is 0 Å². The Morgan fingerprint density at radius 1 is 1.36 bits per heavy atom. The third kappa shape index (κ3) is 3.88. The first-order chi connectivity index (χ1) is 6.74. The van der Waals surface area contributed by atoms with Gasteiger partial charge in [-0.1, -0.05) is 23.7 Å². The van der Waals surface area contributed by atoms with Crippen molar-refractivity contribution in [3.8, 4) is 0 Å². The number of benzene rings is 1. The molecule has 1 aromatic rings. The molecule has 0 heterocycles. The summed E-state index contributed by atoms with van der Waals surface area (Å²) in [7, 11) is 0. The van der Waals surface area contributed by atoms with E-state index in [1.54, 1.807) is 0 Å². The van der Waals surface area contributed by atoms with E-state index in [9.17, 15) is 5.11 Å². The van der Waals surface area contributed by atoms with Gasteiger partial charge in [-0.25, -0.2) is 0 Å². The second-order valence-corrected chi connectivity index (χ2v) is 4.38. The Morgan fingerprint density at radius 3 is 2.71 bits per heavy atom. The molecule has 78 valence electrons. The molecular weight excluding hydrogens is 220 g/mol. The number of hydrogen-bond acceptors (Lipinski definition) is 3. The van der Waals surface area contributed by atoms with Gasteiger partial charge in [0.1, 0.15) is 0 Å². The average molecular weight is 233 g/mol. The highest BCUT2D eigenvalue weighted by Crippen LogP contribution is 2.27. The quantitative estimate of drug-likeness (QED) is 0.765. The topological polar surface area (TPSA) is 40.5 Å². The van der Waals surface area contributed by atoms with Gasteiger partial charge in [0.05, 0.1) is 11.1 Å². The van der Waals surface area contributed by atoms with Gasteiger partial charge in [0, 0.05) is 17.3 Å². The van der Waals surface area contributed by atoms with Crippen molar-refractivity contribution in [3.63, 3.8) is 0 Å². The van der Waals surface area contributed by atoms with E-state index < -0.39 is 6.10 Å². The molecule has 0 radical (unpaired) electrons. The lowest BCUT2D eigenvalue weighted by atomic mass is 10.3. The van der Waals surface area contributed by atoms with Crippen LogP contribution in [0.5, 0.6) is 0 Å². The molecule has 0 saturated heterocycles. The molecule has 1 unspecified atom stereocenters. The summed E-state index contributed by atoms with van der Waals surface area (Å²) in [4.78, 5) is 0.964. The minimum Gasteiger partial charge on any atom is -0.396 e. The number of halogens is 1. The molecule has 0 aliphatic heterocycles. The fraction of sp³-hybridized carbons (Fsp3) is 0.400. The zero-order valence-corrected chi connectivity index (χ0v) is 9.26. The van der Waals surface area contributed by atoms with E-state index in [0.717, 1.165) is 4.90 Å². The Morgan fingerprint density at radius 2 is 2.07 bits per heavy atom. The van der Waals surface area contributed by atoms with Crippen molar-refractivity contribution in [3.05, 3.63) is 29.3 Å². The second-order valence-electron chi connectivity index (χ2n) is 2.91. The molecule has 4 heteroatoms. The molecule has 0 spiro atoms. The Hall–Kier alpha value is -0.220. The number of aliphatic hydroxyl groups excluding tert-OH is 2. The van der Waals surface area contributed by atoms with E-state index in [2.05, 4.69) is 0 Å². The van der Waals surface area contributed by atoms with Crippen LogP contribution < -0.4 is 0 Å². The lowest BCUT2D eigenvalue weighted by Crippen LogP contribution is -2.11. The molecule has 0 bridgehead atoms. The first kappa shape index (κ1) is 11.9. The van der Waals surface area contributed by atoms with Crippen molar-refractivity contribution in [1.82, 2.24) is 0 Å². The molecule has 2 N–H and O–H groups in total. The monoisotopic (exact) mass is 232 g/mol. The predicted molar refractivity (Wildman–Crippen MR) is 59.9 cm³/mol. The van der Waals surface area contributed by atoms with Crippen LogP contribution >= 0.6 is 23.4 Å². The van der Waals surface area contributed by atoms with Crippen LogP contribution in [0.2, 0.25) is 5.02 Å². The van der Waals surface area contributed by atoms with Gasteiger partial charge in [-0.15, -0.1) is 11.8 Å². The minimum atomic E-state index is -0.471. The number of rotatable bonds is 5. The van der Waals surface area contributed by atoms with Crippen LogP contribution in [0.25, 0.3) is 0 Å². The molecule has 0 amide bonds. The molecule has 1 aromatic carbocycles. The van der Waals surface area contributed by atoms with Gasteiger partial charge in [0.2, 0.25) is 0 Å². The van der Waals surface area contributed by atoms with Crippen LogP contribution in [0.1, 0.15) is 6.42 Å². The normalized spacial score (nSPS) is 12.8. The van der Waals surface area contributed by atoms with E-state index in [1.807, 2.05) is 24.3 Å². The first-order valence-electron chi connectivity index (χ1n) is 4.40. The second kappa shape index (κ2) is 6.30. The largest absolute Gasteiger partial charge is 0.396 e. The van der Waals surface area contributed by atoms with Crippen LogP contribution in [-0.4, -0.2) is 28.7 Å². The lowest BCUT2D eigenvalue weighted by Gasteiger charge is -2.08. The van der Waals surface area contributed by atoms with E-state index in [0.29, 0.717) is 17.2 Å². The van der Waals surface area contributed by atoms with Gasteiger partial charge in [0.15, 0.2) is 0 Å². The van der Waals surface area contributed by atoms with Gasteiger partial charge < -0.3 is 10.2 Å². The maximum absolute atomic E-state index is 9.38. The Labute approximate surface area is 92.9 Å². The fourth-order valence-corrected chi connectivity index (χ4v) is 2.20. The zero-order valence-electron chi connectivity index (χ0n) is 7.69. The molecular formula is C10H13ClO2S. The molecule has 2 nitrogen and oxygen atoms in total. The molecule has 14 heavy (non-hydrogen) atoms. The molecule has 0 aliphatic carbocycles. The average Bonchev–Trinajstić information content (AvgIpc) is 2.17. The molecule has 1 rings (SSSR count). The SMILES string of the molecule is OCCC(O)CSc1ccccc1Cl. The lowest BCUT2D eigenvalue weighted by molar-refractivity contribution is 0.152. The first-order valence-corrected chi connectivity index (χ1v) is 5.76. The van der Waals surface area contributed by atoms with Gasteiger partial charge in [0.25, 0.3) is 0 Å².